The Bertz CT molecular complexity index is 331. The molecule has 1 N–H and O–H groups in total. The van der Waals surface area contributed by atoms with Gasteiger partial charge in [-0.25, -0.2) is 4.39 Å². The van der Waals surface area contributed by atoms with Crippen molar-refractivity contribution in [3.05, 3.63) is 35.6 Å². The molecule has 0 radical (unpaired) electrons. The van der Waals surface area contributed by atoms with Crippen LogP contribution in [0.25, 0.3) is 0 Å². The van der Waals surface area contributed by atoms with Crippen molar-refractivity contribution in [1.82, 2.24) is 0 Å². The van der Waals surface area contributed by atoms with Crippen LogP contribution in [0.1, 0.15) is 12.0 Å². The molecule has 0 aliphatic rings. The molecule has 0 aromatic heterocycles. The van der Waals surface area contributed by atoms with Gasteiger partial charge in [-0.1, -0.05) is 12.1 Å². The molecule has 15 heavy (non-hydrogen) atoms. The molecule has 0 heterocycles. The van der Waals surface area contributed by atoms with Gasteiger partial charge < -0.3 is 9.84 Å². The summed E-state index contributed by atoms with van der Waals surface area (Å²) >= 11 is 0. The maximum absolute atomic E-state index is 12.5. The number of ether oxygens (including phenoxy) is 1. The minimum absolute atomic E-state index is 0.0589. The van der Waals surface area contributed by atoms with Crippen LogP contribution in [0.4, 0.5) is 4.39 Å². The first-order chi connectivity index (χ1) is 7.22. The summed E-state index contributed by atoms with van der Waals surface area (Å²) in [6, 6.07) is 7.78. The lowest BCUT2D eigenvalue weighted by Gasteiger charge is -2.07. The zero-order valence-corrected chi connectivity index (χ0v) is 8.19. The van der Waals surface area contributed by atoms with Crippen molar-refractivity contribution in [2.45, 2.75) is 19.1 Å². The minimum atomic E-state index is -0.754. The van der Waals surface area contributed by atoms with Crippen LogP contribution in [0.2, 0.25) is 0 Å². The van der Waals surface area contributed by atoms with E-state index in [-0.39, 0.29) is 18.8 Å². The number of hydrogen-bond acceptors (Lipinski definition) is 3. The van der Waals surface area contributed by atoms with Gasteiger partial charge in [-0.2, -0.15) is 5.26 Å². The van der Waals surface area contributed by atoms with Crippen molar-refractivity contribution in [2.75, 3.05) is 6.61 Å². The molecule has 1 aromatic rings. The van der Waals surface area contributed by atoms with Crippen LogP contribution in [0.15, 0.2) is 24.3 Å². The van der Waals surface area contributed by atoms with Gasteiger partial charge >= 0.3 is 0 Å². The molecule has 0 aliphatic carbocycles. The fourth-order valence-corrected chi connectivity index (χ4v) is 1.06. The van der Waals surface area contributed by atoms with Crippen molar-refractivity contribution >= 4 is 0 Å². The number of aliphatic hydroxyl groups is 1. The van der Waals surface area contributed by atoms with E-state index in [2.05, 4.69) is 0 Å². The highest BCUT2D eigenvalue weighted by atomic mass is 19.1. The molecule has 0 bridgehead atoms. The molecule has 4 heteroatoms. The van der Waals surface area contributed by atoms with Crippen molar-refractivity contribution in [3.63, 3.8) is 0 Å². The fraction of sp³-hybridized carbons (Fsp3) is 0.364. The number of halogens is 1. The predicted molar refractivity (Wildman–Crippen MR) is 52.3 cm³/mol. The summed E-state index contributed by atoms with van der Waals surface area (Å²) in [6.45, 7) is 0.424. The average Bonchev–Trinajstić information content (AvgIpc) is 2.21. The maximum atomic E-state index is 12.5. The Morgan fingerprint density at radius 2 is 2.07 bits per heavy atom. The van der Waals surface area contributed by atoms with Crippen LogP contribution in [0, 0.1) is 17.1 Å². The minimum Gasteiger partial charge on any atom is -0.390 e. The first-order valence-electron chi connectivity index (χ1n) is 4.59. The monoisotopic (exact) mass is 209 g/mol. The topological polar surface area (TPSA) is 53.2 Å². The van der Waals surface area contributed by atoms with Crippen molar-refractivity contribution in [1.29, 1.82) is 5.26 Å². The first kappa shape index (κ1) is 11.6. The Balaban J connectivity index is 2.26. The molecule has 0 amide bonds. The van der Waals surface area contributed by atoms with E-state index in [1.807, 2.05) is 6.07 Å². The zero-order chi connectivity index (χ0) is 11.1. The van der Waals surface area contributed by atoms with Gasteiger partial charge in [-0.05, 0) is 17.7 Å². The summed E-state index contributed by atoms with van der Waals surface area (Å²) in [5.74, 6) is -0.289. The first-order valence-corrected chi connectivity index (χ1v) is 4.59. The van der Waals surface area contributed by atoms with E-state index in [9.17, 15) is 4.39 Å². The zero-order valence-electron chi connectivity index (χ0n) is 8.19. The largest absolute Gasteiger partial charge is 0.390 e. The standard InChI is InChI=1S/C11H12FNO2/c12-10-3-1-9(2-4-10)7-15-8-11(14)5-6-13/h1-4,11,14H,5,7-8H2/t11-/m1/s1. The summed E-state index contributed by atoms with van der Waals surface area (Å²) in [5, 5.41) is 17.4. The maximum Gasteiger partial charge on any atom is 0.123 e. The lowest BCUT2D eigenvalue weighted by atomic mass is 10.2. The SMILES string of the molecule is N#CC[C@@H](O)COCc1ccc(F)cc1. The van der Waals surface area contributed by atoms with Gasteiger partial charge in [0, 0.05) is 0 Å². The van der Waals surface area contributed by atoms with Gasteiger partial charge in [0.15, 0.2) is 0 Å². The number of benzene rings is 1. The average molecular weight is 209 g/mol. The fourth-order valence-electron chi connectivity index (χ4n) is 1.06. The Morgan fingerprint density at radius 1 is 1.40 bits per heavy atom. The van der Waals surface area contributed by atoms with Crippen LogP contribution < -0.4 is 0 Å². The van der Waals surface area contributed by atoms with Gasteiger partial charge in [0.1, 0.15) is 5.82 Å². The van der Waals surface area contributed by atoms with Crippen LogP contribution >= 0.6 is 0 Å². The molecule has 1 aromatic carbocycles. The third-order valence-electron chi connectivity index (χ3n) is 1.82. The van der Waals surface area contributed by atoms with E-state index < -0.39 is 6.10 Å². The van der Waals surface area contributed by atoms with Gasteiger partial charge in [0.25, 0.3) is 0 Å². The van der Waals surface area contributed by atoms with E-state index in [1.165, 1.54) is 12.1 Å². The molecule has 0 fully saturated rings. The number of nitriles is 1. The molecule has 80 valence electrons. The summed E-state index contributed by atoms with van der Waals surface area (Å²) in [6.07, 6.45) is -0.695. The number of hydrogen-bond donors (Lipinski definition) is 1. The molecular weight excluding hydrogens is 197 g/mol. The van der Waals surface area contributed by atoms with Crippen molar-refractivity contribution in [3.8, 4) is 6.07 Å². The third kappa shape index (κ3) is 4.54. The second kappa shape index (κ2) is 6.12. The molecule has 0 saturated carbocycles. The highest BCUT2D eigenvalue weighted by molar-refractivity contribution is 5.14. The Labute approximate surface area is 87.7 Å². The number of aliphatic hydroxyl groups excluding tert-OH is 1. The molecule has 1 rings (SSSR count). The summed E-state index contributed by atoms with van der Waals surface area (Å²) in [4.78, 5) is 0. The summed E-state index contributed by atoms with van der Waals surface area (Å²) in [5.41, 5.74) is 0.834. The summed E-state index contributed by atoms with van der Waals surface area (Å²) < 4.78 is 17.7. The Kier molecular flexibility index (Phi) is 4.75. The third-order valence-corrected chi connectivity index (χ3v) is 1.82. The molecule has 3 nitrogen and oxygen atoms in total. The quantitative estimate of drug-likeness (QED) is 0.801. The lowest BCUT2D eigenvalue weighted by molar-refractivity contribution is 0.0309. The molecule has 1 atom stereocenters. The highest BCUT2D eigenvalue weighted by Crippen LogP contribution is 2.04. The summed E-state index contributed by atoms with van der Waals surface area (Å²) in [7, 11) is 0. The van der Waals surface area contributed by atoms with Gasteiger partial charge in [-0.15, -0.1) is 0 Å². The molecule has 0 unspecified atom stereocenters. The van der Waals surface area contributed by atoms with Crippen molar-refractivity contribution < 1.29 is 14.2 Å². The van der Waals surface area contributed by atoms with E-state index in [1.54, 1.807) is 12.1 Å². The number of nitrogens with zero attached hydrogens (tertiary/aromatic N) is 1. The smallest absolute Gasteiger partial charge is 0.123 e. The van der Waals surface area contributed by atoms with Crippen LogP contribution in [0.3, 0.4) is 0 Å². The van der Waals surface area contributed by atoms with Gasteiger partial charge in [-0.3, -0.25) is 0 Å². The Hall–Kier alpha value is -1.44. The molecular formula is C11H12FNO2. The van der Waals surface area contributed by atoms with Crippen molar-refractivity contribution in [2.24, 2.45) is 0 Å². The van der Waals surface area contributed by atoms with Crippen LogP contribution in [-0.4, -0.2) is 17.8 Å². The lowest BCUT2D eigenvalue weighted by Crippen LogP contribution is -2.14. The van der Waals surface area contributed by atoms with E-state index in [0.29, 0.717) is 6.61 Å². The number of rotatable bonds is 5. The van der Waals surface area contributed by atoms with Crippen LogP contribution in [0.5, 0.6) is 0 Å². The normalized spacial score (nSPS) is 12.1. The molecule has 0 saturated heterocycles. The second-order valence-electron chi connectivity index (χ2n) is 3.16. The molecule has 0 spiro atoms. The van der Waals surface area contributed by atoms with Gasteiger partial charge in [0.2, 0.25) is 0 Å². The molecule has 0 aliphatic heterocycles. The van der Waals surface area contributed by atoms with Crippen LogP contribution in [-0.2, 0) is 11.3 Å². The van der Waals surface area contributed by atoms with E-state index in [0.717, 1.165) is 5.56 Å². The van der Waals surface area contributed by atoms with E-state index in [4.69, 9.17) is 15.1 Å². The highest BCUT2D eigenvalue weighted by Gasteiger charge is 2.03. The predicted octanol–water partition coefficient (Wildman–Crippen LogP) is 1.62. The second-order valence-corrected chi connectivity index (χ2v) is 3.16. The van der Waals surface area contributed by atoms with Gasteiger partial charge in [0.05, 0.1) is 31.8 Å². The Morgan fingerprint density at radius 3 is 2.67 bits per heavy atom. The van der Waals surface area contributed by atoms with E-state index >= 15 is 0 Å².